The van der Waals surface area contributed by atoms with E-state index in [1.54, 1.807) is 17.4 Å². The summed E-state index contributed by atoms with van der Waals surface area (Å²) in [6.45, 7) is 2.61. The van der Waals surface area contributed by atoms with Crippen LogP contribution in [-0.4, -0.2) is 21.4 Å². The van der Waals surface area contributed by atoms with Crippen molar-refractivity contribution in [2.24, 2.45) is 0 Å². The molecule has 1 aliphatic rings. The van der Waals surface area contributed by atoms with Crippen LogP contribution in [0.5, 0.6) is 0 Å². The molecule has 0 aliphatic carbocycles. The average molecular weight is 417 g/mol. The minimum atomic E-state index is -0.174. The van der Waals surface area contributed by atoms with Gasteiger partial charge in [0.15, 0.2) is 5.82 Å². The van der Waals surface area contributed by atoms with Crippen molar-refractivity contribution in [3.63, 3.8) is 0 Å². The number of anilines is 1. The van der Waals surface area contributed by atoms with Crippen molar-refractivity contribution in [3.8, 4) is 21.8 Å². The van der Waals surface area contributed by atoms with Crippen LogP contribution in [0.2, 0.25) is 0 Å². The maximum atomic E-state index is 14.1. The monoisotopic (exact) mass is 416 g/mol. The maximum Gasteiger partial charge on any atom is 0.159 e. The molecule has 0 radical (unpaired) electrons. The fourth-order valence-electron chi connectivity index (χ4n) is 3.77. The zero-order chi connectivity index (χ0) is 20.5. The Morgan fingerprint density at radius 2 is 1.87 bits per heavy atom. The third kappa shape index (κ3) is 3.84. The number of thiophene rings is 1. The zero-order valence-electron chi connectivity index (χ0n) is 16.4. The molecule has 0 spiro atoms. The lowest BCUT2D eigenvalue weighted by atomic mass is 10.1. The summed E-state index contributed by atoms with van der Waals surface area (Å²) in [6, 6.07) is 18.7. The van der Waals surface area contributed by atoms with Crippen LogP contribution in [0.15, 0.2) is 66.9 Å². The van der Waals surface area contributed by atoms with Crippen molar-refractivity contribution in [2.75, 3.05) is 12.3 Å². The highest BCUT2D eigenvalue weighted by molar-refractivity contribution is 7.15. The normalized spacial score (nSPS) is 13.9. The zero-order valence-corrected chi connectivity index (χ0v) is 17.2. The molecule has 4 nitrogen and oxygen atoms in total. The Bertz CT molecular complexity index is 1190. The molecular weight excluding hydrogens is 395 g/mol. The van der Waals surface area contributed by atoms with Gasteiger partial charge in [-0.2, -0.15) is 0 Å². The highest BCUT2D eigenvalue weighted by atomic mass is 32.1. The summed E-state index contributed by atoms with van der Waals surface area (Å²) < 4.78 is 14.1. The van der Waals surface area contributed by atoms with E-state index in [0.29, 0.717) is 5.56 Å². The van der Waals surface area contributed by atoms with Gasteiger partial charge in [-0.1, -0.05) is 18.2 Å². The molecule has 3 heterocycles. The van der Waals surface area contributed by atoms with Crippen LogP contribution >= 0.6 is 11.3 Å². The van der Waals surface area contributed by atoms with Gasteiger partial charge in [0.25, 0.3) is 0 Å². The Morgan fingerprint density at radius 1 is 1.03 bits per heavy atom. The average Bonchev–Trinajstić information content (AvgIpc) is 3.22. The van der Waals surface area contributed by atoms with E-state index < -0.39 is 0 Å². The third-order valence-electron chi connectivity index (χ3n) is 5.36. The van der Waals surface area contributed by atoms with Gasteiger partial charge in [-0.15, -0.1) is 11.3 Å². The van der Waals surface area contributed by atoms with Gasteiger partial charge < -0.3 is 5.73 Å². The first-order valence-electron chi connectivity index (χ1n) is 9.92. The van der Waals surface area contributed by atoms with Crippen LogP contribution in [0.1, 0.15) is 16.1 Å². The van der Waals surface area contributed by atoms with E-state index in [9.17, 15) is 4.39 Å². The molecule has 0 bridgehead atoms. The molecule has 2 aromatic heterocycles. The SMILES string of the molecule is Nc1ccc(-c2ncc3c(n2)CCN(Cc2ccc(-c4ccccc4F)s2)C3)cc1. The van der Waals surface area contributed by atoms with E-state index in [1.807, 2.05) is 48.7 Å². The second-order valence-corrected chi connectivity index (χ2v) is 8.66. The lowest BCUT2D eigenvalue weighted by Gasteiger charge is -2.27. The number of rotatable bonds is 4. The number of nitrogen functional groups attached to an aromatic ring is 1. The second-order valence-electron chi connectivity index (χ2n) is 7.49. The Kier molecular flexibility index (Phi) is 5.02. The van der Waals surface area contributed by atoms with Gasteiger partial charge in [-0.25, -0.2) is 14.4 Å². The van der Waals surface area contributed by atoms with Gasteiger partial charge in [0, 0.05) is 64.4 Å². The topological polar surface area (TPSA) is 55.0 Å². The predicted octanol–water partition coefficient (Wildman–Crippen LogP) is 5.15. The van der Waals surface area contributed by atoms with E-state index in [-0.39, 0.29) is 5.82 Å². The van der Waals surface area contributed by atoms with E-state index in [1.165, 1.54) is 16.5 Å². The number of fused-ring (bicyclic) bond motifs is 1. The van der Waals surface area contributed by atoms with Gasteiger partial charge in [0.2, 0.25) is 0 Å². The van der Waals surface area contributed by atoms with Crippen LogP contribution < -0.4 is 5.73 Å². The van der Waals surface area contributed by atoms with Crippen molar-refractivity contribution >= 4 is 17.0 Å². The minimum absolute atomic E-state index is 0.174. The lowest BCUT2D eigenvalue weighted by Crippen LogP contribution is -2.30. The predicted molar refractivity (Wildman–Crippen MR) is 119 cm³/mol. The van der Waals surface area contributed by atoms with Crippen LogP contribution in [0.4, 0.5) is 10.1 Å². The fraction of sp³-hybridized carbons (Fsp3) is 0.167. The number of hydrogen-bond donors (Lipinski definition) is 1. The maximum absolute atomic E-state index is 14.1. The largest absolute Gasteiger partial charge is 0.399 e. The van der Waals surface area contributed by atoms with Crippen LogP contribution in [0.25, 0.3) is 21.8 Å². The molecule has 30 heavy (non-hydrogen) atoms. The van der Waals surface area contributed by atoms with Gasteiger partial charge in [0.05, 0.1) is 5.69 Å². The van der Waals surface area contributed by atoms with Crippen molar-refractivity contribution < 1.29 is 4.39 Å². The number of halogens is 1. The summed E-state index contributed by atoms with van der Waals surface area (Å²) in [5, 5.41) is 0. The molecule has 0 fully saturated rings. The van der Waals surface area contributed by atoms with Crippen LogP contribution in [0, 0.1) is 5.82 Å². The highest BCUT2D eigenvalue weighted by Gasteiger charge is 2.20. The van der Waals surface area contributed by atoms with Crippen LogP contribution in [-0.2, 0) is 19.5 Å². The molecule has 2 N–H and O–H groups in total. The fourth-order valence-corrected chi connectivity index (χ4v) is 4.85. The van der Waals surface area contributed by atoms with Crippen molar-refractivity contribution in [3.05, 3.63) is 88.8 Å². The van der Waals surface area contributed by atoms with Crippen molar-refractivity contribution in [1.29, 1.82) is 0 Å². The van der Waals surface area contributed by atoms with Crippen molar-refractivity contribution in [2.45, 2.75) is 19.5 Å². The second kappa shape index (κ2) is 7.97. The molecule has 6 heteroatoms. The molecule has 0 unspecified atom stereocenters. The van der Waals surface area contributed by atoms with E-state index in [2.05, 4.69) is 16.0 Å². The number of aromatic nitrogens is 2. The molecule has 0 saturated heterocycles. The first-order chi connectivity index (χ1) is 14.7. The number of nitrogens with zero attached hydrogens (tertiary/aromatic N) is 3. The van der Waals surface area contributed by atoms with Crippen LogP contribution in [0.3, 0.4) is 0 Å². The van der Waals surface area contributed by atoms with E-state index in [0.717, 1.165) is 53.7 Å². The Morgan fingerprint density at radius 3 is 2.70 bits per heavy atom. The van der Waals surface area contributed by atoms with Crippen molar-refractivity contribution in [1.82, 2.24) is 14.9 Å². The lowest BCUT2D eigenvalue weighted by molar-refractivity contribution is 0.245. The Balaban J connectivity index is 1.30. The standard InChI is InChI=1S/C24H21FN4S/c25-21-4-2-1-3-20(21)23-10-9-19(30-23)15-29-12-11-22-17(14-29)13-27-24(28-22)16-5-7-18(26)8-6-16/h1-10,13H,11-12,14-15,26H2. The molecule has 0 amide bonds. The molecule has 0 atom stereocenters. The smallest absolute Gasteiger partial charge is 0.159 e. The molecule has 2 aromatic carbocycles. The van der Waals surface area contributed by atoms with E-state index >= 15 is 0 Å². The summed E-state index contributed by atoms with van der Waals surface area (Å²) in [4.78, 5) is 14.0. The third-order valence-corrected chi connectivity index (χ3v) is 6.47. The summed E-state index contributed by atoms with van der Waals surface area (Å²) in [5.74, 6) is 0.571. The quantitative estimate of drug-likeness (QED) is 0.468. The molecule has 1 aliphatic heterocycles. The first-order valence-corrected chi connectivity index (χ1v) is 10.7. The molecule has 150 valence electrons. The summed E-state index contributed by atoms with van der Waals surface area (Å²) in [5.41, 5.74) is 10.4. The van der Waals surface area contributed by atoms with Gasteiger partial charge >= 0.3 is 0 Å². The summed E-state index contributed by atoms with van der Waals surface area (Å²) in [6.07, 6.45) is 2.84. The number of nitrogens with two attached hydrogens (primary N) is 1. The molecule has 4 aromatic rings. The van der Waals surface area contributed by atoms with Gasteiger partial charge in [-0.05, 0) is 42.5 Å². The Labute approximate surface area is 178 Å². The summed E-state index contributed by atoms with van der Waals surface area (Å²) >= 11 is 1.65. The van der Waals surface area contributed by atoms with Gasteiger partial charge in [0.1, 0.15) is 5.82 Å². The molecule has 5 rings (SSSR count). The highest BCUT2D eigenvalue weighted by Crippen LogP contribution is 2.31. The van der Waals surface area contributed by atoms with Gasteiger partial charge in [-0.3, -0.25) is 4.90 Å². The number of hydrogen-bond acceptors (Lipinski definition) is 5. The first kappa shape index (κ1) is 18.9. The Hall–Kier alpha value is -3.09. The number of benzene rings is 2. The molecular formula is C24H21FN4S. The minimum Gasteiger partial charge on any atom is -0.399 e. The molecule has 0 saturated carbocycles. The van der Waals surface area contributed by atoms with E-state index in [4.69, 9.17) is 10.7 Å². The summed E-state index contributed by atoms with van der Waals surface area (Å²) in [7, 11) is 0.